The fourth-order valence-electron chi connectivity index (χ4n) is 6.23. The average Bonchev–Trinajstić information content (AvgIpc) is 2.78. The van der Waals surface area contributed by atoms with Crippen LogP contribution in [0, 0.1) is 28.1 Å². The van der Waals surface area contributed by atoms with Crippen molar-refractivity contribution < 1.29 is 4.79 Å². The smallest absolute Gasteiger partial charge is 0.142 e. The van der Waals surface area contributed by atoms with E-state index in [4.69, 9.17) is 0 Å². The first kappa shape index (κ1) is 10.8. The fraction of sp³-hybridized carbons (Fsp3) is 0.933. The van der Waals surface area contributed by atoms with Gasteiger partial charge in [0, 0.05) is 11.3 Å². The third kappa shape index (κ3) is 0.762. The third-order valence-electron chi connectivity index (χ3n) is 6.95. The maximum atomic E-state index is 12.6. The number of rotatable bonds is 0. The minimum absolute atomic E-state index is 0.0618. The molecule has 3 rings (SSSR count). The number of Topliss-reactive ketones (excluding diaryl/α,β-unsaturated/α-hetero) is 1. The SMILES string of the molecule is CC1C(=O)C(C)(C)C23CCCC12[C@H](C)CC3. The summed E-state index contributed by atoms with van der Waals surface area (Å²) in [6, 6.07) is 0. The Bertz CT molecular complexity index is 352. The van der Waals surface area contributed by atoms with Gasteiger partial charge in [0.1, 0.15) is 5.78 Å². The molecule has 3 fully saturated rings. The standard InChI is InChI=1S/C15H24O/c1-10-6-9-14-7-5-8-15(10,14)11(2)12(16)13(14,3)4/h10-11H,5-9H2,1-4H3/t10-,11?,14?,15?/m1/s1. The quantitative estimate of drug-likeness (QED) is 0.606. The van der Waals surface area contributed by atoms with Crippen molar-refractivity contribution in [2.24, 2.45) is 28.1 Å². The van der Waals surface area contributed by atoms with Gasteiger partial charge in [0.15, 0.2) is 0 Å². The predicted octanol–water partition coefficient (Wildman–Crippen LogP) is 3.82. The molecule has 0 heterocycles. The van der Waals surface area contributed by atoms with E-state index in [-0.39, 0.29) is 5.41 Å². The predicted molar refractivity (Wildman–Crippen MR) is 65.1 cm³/mol. The Morgan fingerprint density at radius 1 is 1.12 bits per heavy atom. The first-order chi connectivity index (χ1) is 7.40. The van der Waals surface area contributed by atoms with Gasteiger partial charge in [-0.3, -0.25) is 4.79 Å². The molecular weight excluding hydrogens is 196 g/mol. The summed E-state index contributed by atoms with van der Waals surface area (Å²) in [5, 5.41) is 0. The highest BCUT2D eigenvalue weighted by atomic mass is 16.1. The Balaban J connectivity index is 2.24. The highest BCUT2D eigenvalue weighted by Gasteiger charge is 2.75. The minimum atomic E-state index is -0.0618. The summed E-state index contributed by atoms with van der Waals surface area (Å²) in [6.45, 7) is 9.09. The van der Waals surface area contributed by atoms with E-state index in [1.807, 2.05) is 0 Å². The van der Waals surface area contributed by atoms with Gasteiger partial charge in [-0.1, -0.05) is 34.1 Å². The summed E-state index contributed by atoms with van der Waals surface area (Å²) in [5.74, 6) is 1.62. The van der Waals surface area contributed by atoms with Crippen molar-refractivity contribution in [2.45, 2.75) is 59.8 Å². The van der Waals surface area contributed by atoms with Crippen molar-refractivity contribution in [3.63, 3.8) is 0 Å². The molecule has 3 aliphatic carbocycles. The number of carbonyl (C=O) groups excluding carboxylic acids is 1. The second-order valence-corrected chi connectivity index (χ2v) is 7.13. The molecule has 1 heteroatoms. The molecule has 16 heavy (non-hydrogen) atoms. The lowest BCUT2D eigenvalue weighted by Gasteiger charge is -2.44. The molecule has 0 N–H and O–H groups in total. The zero-order chi connectivity index (χ0) is 11.8. The number of hydrogen-bond donors (Lipinski definition) is 0. The van der Waals surface area contributed by atoms with Gasteiger partial charge in [0.25, 0.3) is 0 Å². The maximum Gasteiger partial charge on any atom is 0.142 e. The van der Waals surface area contributed by atoms with E-state index >= 15 is 0 Å². The van der Waals surface area contributed by atoms with Crippen LogP contribution in [0.1, 0.15) is 59.8 Å². The molecule has 0 aromatic rings. The maximum absolute atomic E-state index is 12.6. The molecule has 90 valence electrons. The van der Waals surface area contributed by atoms with Gasteiger partial charge in [-0.15, -0.1) is 0 Å². The van der Waals surface area contributed by atoms with Crippen molar-refractivity contribution in [1.82, 2.24) is 0 Å². The Kier molecular flexibility index (Phi) is 1.85. The molecule has 3 saturated carbocycles. The normalized spacial score (nSPS) is 54.1. The average molecular weight is 220 g/mol. The van der Waals surface area contributed by atoms with Crippen LogP contribution in [0.2, 0.25) is 0 Å². The van der Waals surface area contributed by atoms with Gasteiger partial charge in [-0.2, -0.15) is 0 Å². The lowest BCUT2D eigenvalue weighted by atomic mass is 9.58. The van der Waals surface area contributed by atoms with Crippen LogP contribution in [0.4, 0.5) is 0 Å². The highest BCUT2D eigenvalue weighted by Crippen LogP contribution is 2.78. The van der Waals surface area contributed by atoms with Crippen LogP contribution in [0.5, 0.6) is 0 Å². The molecule has 4 atom stereocenters. The number of hydrogen-bond acceptors (Lipinski definition) is 1. The van der Waals surface area contributed by atoms with Crippen molar-refractivity contribution in [3.8, 4) is 0 Å². The van der Waals surface area contributed by atoms with Crippen molar-refractivity contribution in [3.05, 3.63) is 0 Å². The van der Waals surface area contributed by atoms with E-state index in [2.05, 4.69) is 27.7 Å². The van der Waals surface area contributed by atoms with Crippen LogP contribution >= 0.6 is 0 Å². The lowest BCUT2D eigenvalue weighted by molar-refractivity contribution is -0.130. The first-order valence-electron chi connectivity index (χ1n) is 6.94. The van der Waals surface area contributed by atoms with Crippen LogP contribution in [-0.4, -0.2) is 5.78 Å². The van der Waals surface area contributed by atoms with E-state index in [1.54, 1.807) is 0 Å². The third-order valence-corrected chi connectivity index (χ3v) is 6.95. The molecule has 0 saturated heterocycles. The molecule has 0 amide bonds. The van der Waals surface area contributed by atoms with Crippen LogP contribution < -0.4 is 0 Å². The zero-order valence-electron chi connectivity index (χ0n) is 11.1. The number of carbonyl (C=O) groups is 1. The van der Waals surface area contributed by atoms with E-state index in [0.29, 0.717) is 22.5 Å². The van der Waals surface area contributed by atoms with Crippen LogP contribution in [0.3, 0.4) is 0 Å². The largest absolute Gasteiger partial charge is 0.299 e. The summed E-state index contributed by atoms with van der Waals surface area (Å²) < 4.78 is 0. The van der Waals surface area contributed by atoms with Gasteiger partial charge in [0.05, 0.1) is 0 Å². The summed E-state index contributed by atoms with van der Waals surface area (Å²) in [7, 11) is 0. The second kappa shape index (κ2) is 2.73. The molecule has 1 nitrogen and oxygen atoms in total. The van der Waals surface area contributed by atoms with Crippen molar-refractivity contribution in [1.29, 1.82) is 0 Å². The van der Waals surface area contributed by atoms with E-state index < -0.39 is 0 Å². The van der Waals surface area contributed by atoms with Crippen LogP contribution in [0.15, 0.2) is 0 Å². The molecule has 0 aromatic heterocycles. The topological polar surface area (TPSA) is 17.1 Å². The van der Waals surface area contributed by atoms with Crippen LogP contribution in [-0.2, 0) is 4.79 Å². The molecule has 3 unspecified atom stereocenters. The molecule has 0 radical (unpaired) electrons. The molecule has 3 aliphatic rings. The minimum Gasteiger partial charge on any atom is -0.299 e. The van der Waals surface area contributed by atoms with Gasteiger partial charge in [-0.25, -0.2) is 0 Å². The van der Waals surface area contributed by atoms with Crippen LogP contribution in [0.25, 0.3) is 0 Å². The van der Waals surface area contributed by atoms with Crippen molar-refractivity contribution in [2.75, 3.05) is 0 Å². The molecule has 0 spiro atoms. The number of ketones is 1. The Labute approximate surface area is 99.0 Å². The van der Waals surface area contributed by atoms with Gasteiger partial charge < -0.3 is 0 Å². The highest BCUT2D eigenvalue weighted by molar-refractivity contribution is 5.91. The fourth-order valence-corrected chi connectivity index (χ4v) is 6.23. The van der Waals surface area contributed by atoms with E-state index in [1.165, 1.54) is 32.1 Å². The lowest BCUT2D eigenvalue weighted by Crippen LogP contribution is -2.41. The Morgan fingerprint density at radius 2 is 1.81 bits per heavy atom. The van der Waals surface area contributed by atoms with Gasteiger partial charge in [-0.05, 0) is 42.4 Å². The second-order valence-electron chi connectivity index (χ2n) is 7.13. The monoisotopic (exact) mass is 220 g/mol. The van der Waals surface area contributed by atoms with E-state index in [0.717, 1.165) is 5.92 Å². The summed E-state index contributed by atoms with van der Waals surface area (Å²) >= 11 is 0. The van der Waals surface area contributed by atoms with Crippen molar-refractivity contribution >= 4 is 5.78 Å². The molecule has 0 aromatic carbocycles. The molecule has 0 aliphatic heterocycles. The molecule has 0 bridgehead atoms. The van der Waals surface area contributed by atoms with E-state index in [9.17, 15) is 4.79 Å². The zero-order valence-corrected chi connectivity index (χ0v) is 11.1. The summed E-state index contributed by atoms with van der Waals surface area (Å²) in [6.07, 6.45) is 6.62. The van der Waals surface area contributed by atoms with Gasteiger partial charge >= 0.3 is 0 Å². The van der Waals surface area contributed by atoms with Gasteiger partial charge in [0.2, 0.25) is 0 Å². The Morgan fingerprint density at radius 3 is 2.44 bits per heavy atom. The summed E-state index contributed by atoms with van der Waals surface area (Å²) in [4.78, 5) is 12.6. The summed E-state index contributed by atoms with van der Waals surface area (Å²) in [5.41, 5.74) is 0.664. The first-order valence-corrected chi connectivity index (χ1v) is 6.94. The molecular formula is C15H24O. The Hall–Kier alpha value is -0.330.